The number of carbonyl (C=O) groups is 1. The number of aryl methyl sites for hydroxylation is 1. The Morgan fingerprint density at radius 1 is 1.39 bits per heavy atom. The van der Waals surface area contributed by atoms with Crippen molar-refractivity contribution < 1.29 is 9.53 Å². The lowest BCUT2D eigenvalue weighted by Crippen LogP contribution is -2.25. The van der Waals surface area contributed by atoms with E-state index in [0.717, 1.165) is 5.69 Å². The zero-order valence-corrected chi connectivity index (χ0v) is 11.7. The molecular formula is C14H19NO2S. The second kappa shape index (κ2) is 6.14. The summed E-state index contributed by atoms with van der Waals surface area (Å²) in [4.78, 5) is 11.5. The maximum absolute atomic E-state index is 11.5. The number of ether oxygens (including phenoxy) is 1. The van der Waals surface area contributed by atoms with Gasteiger partial charge in [0.1, 0.15) is 0 Å². The van der Waals surface area contributed by atoms with Crippen LogP contribution >= 0.6 is 11.8 Å². The summed E-state index contributed by atoms with van der Waals surface area (Å²) in [6.45, 7) is 2.06. The van der Waals surface area contributed by atoms with E-state index in [-0.39, 0.29) is 5.97 Å². The van der Waals surface area contributed by atoms with Crippen LogP contribution in [0.1, 0.15) is 28.8 Å². The molecular weight excluding hydrogens is 246 g/mol. The number of benzene rings is 1. The highest BCUT2D eigenvalue weighted by Gasteiger charge is 2.15. The van der Waals surface area contributed by atoms with Crippen molar-refractivity contribution in [3.8, 4) is 0 Å². The molecule has 0 aliphatic carbocycles. The first kappa shape index (κ1) is 13.3. The molecule has 1 aromatic rings. The Labute approximate surface area is 112 Å². The quantitative estimate of drug-likeness (QED) is 0.852. The zero-order valence-electron chi connectivity index (χ0n) is 10.9. The highest BCUT2D eigenvalue weighted by Crippen LogP contribution is 2.24. The van der Waals surface area contributed by atoms with Crippen LogP contribution in [0.5, 0.6) is 0 Å². The monoisotopic (exact) mass is 265 g/mol. The minimum atomic E-state index is -0.280. The van der Waals surface area contributed by atoms with Crippen molar-refractivity contribution in [1.82, 2.24) is 0 Å². The molecule has 1 aromatic carbocycles. The van der Waals surface area contributed by atoms with Gasteiger partial charge in [-0.25, -0.2) is 4.79 Å². The molecule has 1 N–H and O–H groups in total. The summed E-state index contributed by atoms with van der Waals surface area (Å²) in [7, 11) is 1.41. The highest BCUT2D eigenvalue weighted by atomic mass is 32.2. The summed E-state index contributed by atoms with van der Waals surface area (Å²) in [6, 6.07) is 6.19. The molecule has 0 radical (unpaired) electrons. The molecule has 0 bridgehead atoms. The number of methoxy groups -OCH3 is 1. The van der Waals surface area contributed by atoms with E-state index in [1.54, 1.807) is 0 Å². The molecule has 3 nitrogen and oxygen atoms in total. The van der Waals surface area contributed by atoms with Crippen LogP contribution in [0.25, 0.3) is 0 Å². The third kappa shape index (κ3) is 3.19. The summed E-state index contributed by atoms with van der Waals surface area (Å²) < 4.78 is 4.75. The topological polar surface area (TPSA) is 38.3 Å². The van der Waals surface area contributed by atoms with E-state index in [1.807, 2.05) is 30.0 Å². The van der Waals surface area contributed by atoms with Crippen molar-refractivity contribution in [3.05, 3.63) is 29.3 Å². The Balaban J connectivity index is 2.12. The van der Waals surface area contributed by atoms with Crippen LogP contribution in [-0.2, 0) is 4.74 Å². The highest BCUT2D eigenvalue weighted by molar-refractivity contribution is 7.99. The van der Waals surface area contributed by atoms with E-state index < -0.39 is 0 Å². The smallest absolute Gasteiger partial charge is 0.337 e. The minimum Gasteiger partial charge on any atom is -0.465 e. The largest absolute Gasteiger partial charge is 0.465 e. The van der Waals surface area contributed by atoms with Gasteiger partial charge in [0.25, 0.3) is 0 Å². The number of rotatable bonds is 3. The average Bonchev–Trinajstić information content (AvgIpc) is 2.41. The second-order valence-electron chi connectivity index (χ2n) is 4.55. The van der Waals surface area contributed by atoms with Crippen LogP contribution < -0.4 is 5.32 Å². The molecule has 1 aliphatic heterocycles. The first-order valence-corrected chi connectivity index (χ1v) is 7.39. The zero-order chi connectivity index (χ0) is 13.0. The molecule has 0 saturated carbocycles. The SMILES string of the molecule is COC(=O)c1ccc(C)c(NC2CCSCC2)c1. The van der Waals surface area contributed by atoms with Gasteiger partial charge >= 0.3 is 5.97 Å². The summed E-state index contributed by atoms with van der Waals surface area (Å²) in [6.07, 6.45) is 2.37. The van der Waals surface area contributed by atoms with Crippen LogP contribution in [0.3, 0.4) is 0 Å². The molecule has 0 unspecified atom stereocenters. The van der Waals surface area contributed by atoms with Crippen molar-refractivity contribution in [2.75, 3.05) is 23.9 Å². The fourth-order valence-electron chi connectivity index (χ4n) is 2.08. The van der Waals surface area contributed by atoms with Crippen molar-refractivity contribution >= 4 is 23.4 Å². The minimum absolute atomic E-state index is 0.280. The van der Waals surface area contributed by atoms with Crippen LogP contribution in [0, 0.1) is 6.92 Å². The number of hydrogen-bond donors (Lipinski definition) is 1. The lowest BCUT2D eigenvalue weighted by molar-refractivity contribution is 0.0601. The first-order chi connectivity index (χ1) is 8.70. The maximum atomic E-state index is 11.5. The molecule has 4 heteroatoms. The Kier molecular flexibility index (Phi) is 4.53. The molecule has 0 spiro atoms. The average molecular weight is 265 g/mol. The van der Waals surface area contributed by atoms with E-state index in [0.29, 0.717) is 11.6 Å². The number of esters is 1. The molecule has 1 aliphatic rings. The van der Waals surface area contributed by atoms with Gasteiger partial charge in [-0.3, -0.25) is 0 Å². The molecule has 2 rings (SSSR count). The van der Waals surface area contributed by atoms with Gasteiger partial charge in [0.2, 0.25) is 0 Å². The third-order valence-corrected chi connectivity index (χ3v) is 4.29. The molecule has 0 amide bonds. The van der Waals surface area contributed by atoms with Crippen LogP contribution in [0.2, 0.25) is 0 Å². The molecule has 1 heterocycles. The van der Waals surface area contributed by atoms with Crippen LogP contribution in [-0.4, -0.2) is 30.6 Å². The van der Waals surface area contributed by atoms with E-state index >= 15 is 0 Å². The van der Waals surface area contributed by atoms with E-state index in [9.17, 15) is 4.79 Å². The number of carbonyl (C=O) groups excluding carboxylic acids is 1. The Morgan fingerprint density at radius 3 is 2.78 bits per heavy atom. The molecule has 98 valence electrons. The van der Waals surface area contributed by atoms with Gasteiger partial charge in [-0.1, -0.05) is 6.07 Å². The van der Waals surface area contributed by atoms with E-state index in [2.05, 4.69) is 12.2 Å². The fourth-order valence-corrected chi connectivity index (χ4v) is 3.19. The van der Waals surface area contributed by atoms with Crippen molar-refractivity contribution in [2.45, 2.75) is 25.8 Å². The lowest BCUT2D eigenvalue weighted by atomic mass is 10.1. The standard InChI is InChI=1S/C14H19NO2S/c1-10-3-4-11(14(16)17-2)9-13(10)15-12-5-7-18-8-6-12/h3-4,9,12,15H,5-8H2,1-2H3. The number of thioether (sulfide) groups is 1. The predicted molar refractivity (Wildman–Crippen MR) is 76.5 cm³/mol. The van der Waals surface area contributed by atoms with Gasteiger partial charge in [-0.05, 0) is 49.0 Å². The maximum Gasteiger partial charge on any atom is 0.337 e. The molecule has 0 aromatic heterocycles. The van der Waals surface area contributed by atoms with Gasteiger partial charge in [-0.15, -0.1) is 0 Å². The number of hydrogen-bond acceptors (Lipinski definition) is 4. The van der Waals surface area contributed by atoms with Gasteiger partial charge < -0.3 is 10.1 Å². The summed E-state index contributed by atoms with van der Waals surface area (Å²) in [5, 5.41) is 3.55. The Bertz CT molecular complexity index is 428. The van der Waals surface area contributed by atoms with Gasteiger partial charge in [-0.2, -0.15) is 11.8 Å². The molecule has 1 fully saturated rings. The Hall–Kier alpha value is -1.16. The van der Waals surface area contributed by atoms with Crippen LogP contribution in [0.15, 0.2) is 18.2 Å². The lowest BCUT2D eigenvalue weighted by Gasteiger charge is -2.24. The fraction of sp³-hybridized carbons (Fsp3) is 0.500. The van der Waals surface area contributed by atoms with Gasteiger partial charge in [0.05, 0.1) is 12.7 Å². The summed E-state index contributed by atoms with van der Waals surface area (Å²) >= 11 is 2.01. The van der Waals surface area contributed by atoms with E-state index in [4.69, 9.17) is 4.74 Å². The van der Waals surface area contributed by atoms with Gasteiger partial charge in [0.15, 0.2) is 0 Å². The number of anilines is 1. The molecule has 0 atom stereocenters. The predicted octanol–water partition coefficient (Wildman–Crippen LogP) is 3.09. The van der Waals surface area contributed by atoms with Crippen LogP contribution in [0.4, 0.5) is 5.69 Å². The van der Waals surface area contributed by atoms with E-state index in [1.165, 1.54) is 37.0 Å². The first-order valence-electron chi connectivity index (χ1n) is 6.24. The number of nitrogens with one attached hydrogen (secondary N) is 1. The second-order valence-corrected chi connectivity index (χ2v) is 5.78. The summed E-state index contributed by atoms with van der Waals surface area (Å²) in [5.74, 6) is 2.15. The normalized spacial score (nSPS) is 16.3. The van der Waals surface area contributed by atoms with Gasteiger partial charge in [0, 0.05) is 11.7 Å². The van der Waals surface area contributed by atoms with Crippen molar-refractivity contribution in [2.24, 2.45) is 0 Å². The van der Waals surface area contributed by atoms with Crippen molar-refractivity contribution in [1.29, 1.82) is 0 Å². The summed E-state index contributed by atoms with van der Waals surface area (Å²) in [5.41, 5.74) is 2.83. The van der Waals surface area contributed by atoms with Crippen molar-refractivity contribution in [3.63, 3.8) is 0 Å². The third-order valence-electron chi connectivity index (χ3n) is 3.24. The molecule has 18 heavy (non-hydrogen) atoms. The Morgan fingerprint density at radius 2 is 2.11 bits per heavy atom. The molecule has 1 saturated heterocycles.